The summed E-state index contributed by atoms with van der Waals surface area (Å²) in [5, 5.41) is 12.1. The first-order valence-electron chi connectivity index (χ1n) is 8.89. The molecular formula is C21H22N2O4. The zero-order valence-corrected chi connectivity index (χ0v) is 15.4. The Balaban J connectivity index is 1.67. The third-order valence-electron chi connectivity index (χ3n) is 4.27. The number of hydrogen-bond donors (Lipinski definition) is 1. The molecule has 1 heterocycles. The van der Waals surface area contributed by atoms with Gasteiger partial charge >= 0.3 is 0 Å². The van der Waals surface area contributed by atoms with Crippen molar-refractivity contribution in [3.8, 4) is 23.3 Å². The van der Waals surface area contributed by atoms with E-state index >= 15 is 0 Å². The van der Waals surface area contributed by atoms with Crippen LogP contribution >= 0.6 is 0 Å². The van der Waals surface area contributed by atoms with Crippen molar-refractivity contribution in [3.63, 3.8) is 0 Å². The number of hydrogen-bond acceptors (Lipinski definition) is 5. The van der Waals surface area contributed by atoms with Gasteiger partial charge in [0.15, 0.2) is 18.1 Å². The molecule has 1 atom stereocenters. The van der Waals surface area contributed by atoms with Gasteiger partial charge in [-0.2, -0.15) is 5.26 Å². The summed E-state index contributed by atoms with van der Waals surface area (Å²) in [5.74, 6) is 1.72. The van der Waals surface area contributed by atoms with E-state index in [0.29, 0.717) is 30.3 Å². The minimum atomic E-state index is -0.253. The predicted molar refractivity (Wildman–Crippen MR) is 99.8 cm³/mol. The maximum atomic E-state index is 12.4. The second-order valence-corrected chi connectivity index (χ2v) is 6.59. The maximum Gasteiger partial charge on any atom is 0.258 e. The summed E-state index contributed by atoms with van der Waals surface area (Å²) in [6, 6.07) is 14.4. The summed E-state index contributed by atoms with van der Waals surface area (Å²) in [6.45, 7) is 4.97. The first-order valence-corrected chi connectivity index (χ1v) is 8.89. The molecule has 0 bridgehead atoms. The fourth-order valence-corrected chi connectivity index (χ4v) is 2.93. The van der Waals surface area contributed by atoms with Gasteiger partial charge in [-0.25, -0.2) is 0 Å². The molecule has 0 saturated carbocycles. The number of carbonyl (C=O) groups is 1. The van der Waals surface area contributed by atoms with Crippen LogP contribution in [0.1, 0.15) is 31.0 Å². The summed E-state index contributed by atoms with van der Waals surface area (Å²) in [4.78, 5) is 12.4. The Morgan fingerprint density at radius 2 is 1.93 bits per heavy atom. The molecule has 2 aromatic rings. The second kappa shape index (κ2) is 8.45. The van der Waals surface area contributed by atoms with Crippen molar-refractivity contribution in [1.82, 2.24) is 5.32 Å². The number of para-hydroxylation sites is 1. The van der Waals surface area contributed by atoms with Gasteiger partial charge in [0.05, 0.1) is 11.6 Å². The Hall–Kier alpha value is -3.20. The van der Waals surface area contributed by atoms with Crippen molar-refractivity contribution in [2.24, 2.45) is 5.92 Å². The number of benzene rings is 2. The molecule has 140 valence electrons. The van der Waals surface area contributed by atoms with E-state index in [9.17, 15) is 4.79 Å². The number of rotatable bonds is 6. The summed E-state index contributed by atoms with van der Waals surface area (Å²) in [5.41, 5.74) is 1.34. The number of carbonyl (C=O) groups excluding carboxylic acids is 1. The molecule has 6 heteroatoms. The molecule has 1 aliphatic heterocycles. The molecule has 0 aliphatic carbocycles. The van der Waals surface area contributed by atoms with Crippen molar-refractivity contribution in [3.05, 3.63) is 53.6 Å². The third kappa shape index (κ3) is 4.50. The molecule has 0 saturated heterocycles. The molecule has 2 aromatic carbocycles. The van der Waals surface area contributed by atoms with Crippen molar-refractivity contribution in [1.29, 1.82) is 5.26 Å². The van der Waals surface area contributed by atoms with Gasteiger partial charge in [-0.05, 0) is 35.7 Å². The molecule has 1 amide bonds. The van der Waals surface area contributed by atoms with E-state index in [1.807, 2.05) is 32.0 Å². The van der Waals surface area contributed by atoms with Crippen LogP contribution in [0.15, 0.2) is 42.5 Å². The zero-order chi connectivity index (χ0) is 19.2. The number of nitrogens with one attached hydrogen (secondary N) is 1. The van der Waals surface area contributed by atoms with Crippen LogP contribution in [0.5, 0.6) is 17.2 Å². The largest absolute Gasteiger partial charge is 0.486 e. The Kier molecular flexibility index (Phi) is 5.82. The van der Waals surface area contributed by atoms with Gasteiger partial charge in [0.25, 0.3) is 5.91 Å². The molecule has 6 nitrogen and oxygen atoms in total. The Morgan fingerprint density at radius 3 is 2.67 bits per heavy atom. The molecule has 27 heavy (non-hydrogen) atoms. The summed E-state index contributed by atoms with van der Waals surface area (Å²) >= 11 is 0. The summed E-state index contributed by atoms with van der Waals surface area (Å²) < 4.78 is 16.7. The standard InChI is InChI=1S/C21H22N2O4/c1-14(2)21(15-7-8-18-19(11-15)26-10-9-25-18)23-20(24)13-27-17-6-4-3-5-16(17)12-22/h3-8,11,14,21H,9-10,13H2,1-2H3,(H,23,24)/t21-/m0/s1. The molecule has 3 rings (SSSR count). The third-order valence-corrected chi connectivity index (χ3v) is 4.27. The zero-order valence-electron chi connectivity index (χ0n) is 15.4. The number of nitrogens with zero attached hydrogens (tertiary/aromatic N) is 1. The van der Waals surface area contributed by atoms with Gasteiger partial charge in [0.2, 0.25) is 0 Å². The van der Waals surface area contributed by atoms with Crippen LogP contribution in [0.4, 0.5) is 0 Å². The van der Waals surface area contributed by atoms with Crippen LogP contribution < -0.4 is 19.5 Å². The number of nitriles is 1. The predicted octanol–water partition coefficient (Wildman–Crippen LogP) is 3.22. The molecular weight excluding hydrogens is 344 g/mol. The van der Waals surface area contributed by atoms with Crippen molar-refractivity contribution < 1.29 is 19.0 Å². The van der Waals surface area contributed by atoms with Crippen LogP contribution in [0.2, 0.25) is 0 Å². The van der Waals surface area contributed by atoms with Gasteiger partial charge < -0.3 is 19.5 Å². The number of ether oxygens (including phenoxy) is 3. The highest BCUT2D eigenvalue weighted by molar-refractivity contribution is 5.78. The minimum absolute atomic E-state index is 0.160. The highest BCUT2D eigenvalue weighted by Gasteiger charge is 2.21. The van der Waals surface area contributed by atoms with Gasteiger partial charge in [-0.1, -0.05) is 32.0 Å². The summed E-state index contributed by atoms with van der Waals surface area (Å²) in [7, 11) is 0. The van der Waals surface area contributed by atoms with E-state index < -0.39 is 0 Å². The van der Waals surface area contributed by atoms with Crippen molar-refractivity contribution in [2.75, 3.05) is 19.8 Å². The molecule has 0 spiro atoms. The molecule has 0 fully saturated rings. The van der Waals surface area contributed by atoms with Gasteiger partial charge in [-0.3, -0.25) is 4.79 Å². The summed E-state index contributed by atoms with van der Waals surface area (Å²) in [6.07, 6.45) is 0. The monoisotopic (exact) mass is 366 g/mol. The molecule has 1 N–H and O–H groups in total. The minimum Gasteiger partial charge on any atom is -0.486 e. The highest BCUT2D eigenvalue weighted by atomic mass is 16.6. The topological polar surface area (TPSA) is 80.6 Å². The second-order valence-electron chi connectivity index (χ2n) is 6.59. The smallest absolute Gasteiger partial charge is 0.258 e. The van der Waals surface area contributed by atoms with Crippen LogP contribution in [0, 0.1) is 17.2 Å². The number of amides is 1. The quantitative estimate of drug-likeness (QED) is 0.849. The van der Waals surface area contributed by atoms with Gasteiger partial charge in [0, 0.05) is 0 Å². The van der Waals surface area contributed by atoms with Crippen LogP contribution in [-0.4, -0.2) is 25.7 Å². The lowest BCUT2D eigenvalue weighted by molar-refractivity contribution is -0.124. The van der Waals surface area contributed by atoms with Crippen LogP contribution in [-0.2, 0) is 4.79 Å². The Labute approximate surface area is 158 Å². The molecule has 0 radical (unpaired) electrons. The van der Waals surface area contributed by atoms with E-state index in [4.69, 9.17) is 19.5 Å². The number of fused-ring (bicyclic) bond motifs is 1. The van der Waals surface area contributed by atoms with E-state index in [2.05, 4.69) is 11.4 Å². The lowest BCUT2D eigenvalue weighted by Crippen LogP contribution is -2.35. The maximum absolute atomic E-state index is 12.4. The highest BCUT2D eigenvalue weighted by Crippen LogP contribution is 2.34. The Morgan fingerprint density at radius 1 is 1.19 bits per heavy atom. The van der Waals surface area contributed by atoms with Crippen LogP contribution in [0.25, 0.3) is 0 Å². The molecule has 0 unspecified atom stereocenters. The first-order chi connectivity index (χ1) is 13.1. The average molecular weight is 366 g/mol. The van der Waals surface area contributed by atoms with Crippen LogP contribution in [0.3, 0.4) is 0 Å². The average Bonchev–Trinajstić information content (AvgIpc) is 2.70. The SMILES string of the molecule is CC(C)[C@H](NC(=O)COc1ccccc1C#N)c1ccc2c(c1)OCCO2. The Bertz CT molecular complexity index is 858. The fourth-order valence-electron chi connectivity index (χ4n) is 2.93. The van der Waals surface area contributed by atoms with Crippen molar-refractivity contribution >= 4 is 5.91 Å². The molecule has 0 aromatic heterocycles. The fraction of sp³-hybridized carbons (Fsp3) is 0.333. The van der Waals surface area contributed by atoms with Crippen molar-refractivity contribution in [2.45, 2.75) is 19.9 Å². The van der Waals surface area contributed by atoms with Gasteiger partial charge in [0.1, 0.15) is 25.0 Å². The van der Waals surface area contributed by atoms with E-state index in [1.165, 1.54) is 0 Å². The lowest BCUT2D eigenvalue weighted by Gasteiger charge is -2.25. The lowest BCUT2D eigenvalue weighted by atomic mass is 9.95. The van der Waals surface area contributed by atoms with E-state index in [1.54, 1.807) is 24.3 Å². The molecule has 1 aliphatic rings. The van der Waals surface area contributed by atoms with Gasteiger partial charge in [-0.15, -0.1) is 0 Å². The normalized spacial score (nSPS) is 13.6. The van der Waals surface area contributed by atoms with E-state index in [-0.39, 0.29) is 24.5 Å². The van der Waals surface area contributed by atoms with E-state index in [0.717, 1.165) is 11.3 Å². The first kappa shape index (κ1) is 18.6.